The Morgan fingerprint density at radius 2 is 1.88 bits per heavy atom. The first-order valence-electron chi connectivity index (χ1n) is 4.89. The fourth-order valence-electron chi connectivity index (χ4n) is 0.567. The number of rotatable bonds is 2. The molecule has 1 radical (unpaired) electrons. The van der Waals surface area contributed by atoms with E-state index in [0.29, 0.717) is 6.42 Å². The third-order valence-corrected chi connectivity index (χ3v) is 1.06. The summed E-state index contributed by atoms with van der Waals surface area (Å²) in [7, 11) is 0.750. The van der Waals surface area contributed by atoms with E-state index in [1.807, 2.05) is 19.1 Å². The zero-order valence-corrected chi connectivity index (χ0v) is 14.8. The summed E-state index contributed by atoms with van der Waals surface area (Å²) in [5, 5.41) is 0. The number of carbonyl (C=O) groups excluding carboxylic acids is 1. The second-order valence-electron chi connectivity index (χ2n) is 2.75. The van der Waals surface area contributed by atoms with Crippen LogP contribution in [0.15, 0.2) is 18.2 Å². The van der Waals surface area contributed by atoms with Crippen molar-refractivity contribution in [2.45, 2.75) is 39.3 Å². The molecule has 1 N–H and O–H groups in total. The van der Waals surface area contributed by atoms with Gasteiger partial charge in [-0.15, -0.1) is 6.42 Å². The van der Waals surface area contributed by atoms with Crippen LogP contribution >= 0.6 is 0 Å². The monoisotopic (exact) mass is 328 g/mol. The summed E-state index contributed by atoms with van der Waals surface area (Å²) in [4.78, 5) is 9.71. The van der Waals surface area contributed by atoms with Crippen molar-refractivity contribution in [1.82, 2.24) is 0 Å². The molecule has 0 aromatic heterocycles. The maximum atomic E-state index is 9.71. The fourth-order valence-corrected chi connectivity index (χ4v) is 0.567. The summed E-state index contributed by atoms with van der Waals surface area (Å²) in [6.07, 6.45) is 11.2. The van der Waals surface area contributed by atoms with Crippen molar-refractivity contribution in [2.24, 2.45) is 0 Å². The van der Waals surface area contributed by atoms with Crippen LogP contribution in [0.25, 0.3) is 5.73 Å². The minimum Gasteiger partial charge on any atom is -1.00 e. The quantitative estimate of drug-likeness (QED) is 0.399. The zero-order valence-electron chi connectivity index (χ0n) is 10.6. The van der Waals surface area contributed by atoms with E-state index in [1.165, 1.54) is 0 Å². The van der Waals surface area contributed by atoms with Crippen LogP contribution in [0.2, 0.25) is 13.1 Å². The molecule has 0 saturated heterocycles. The van der Waals surface area contributed by atoms with E-state index in [9.17, 15) is 4.79 Å². The summed E-state index contributed by atoms with van der Waals surface area (Å²) < 4.78 is 0. The van der Waals surface area contributed by atoms with Crippen molar-refractivity contribution < 1.29 is 51.3 Å². The molecule has 97 valence electrons. The molecule has 0 saturated carbocycles. The van der Waals surface area contributed by atoms with Gasteiger partial charge >= 0.3 is 21.7 Å². The van der Waals surface area contributed by atoms with Crippen molar-refractivity contribution in [1.29, 1.82) is 0 Å². The number of carbonyl (C=O) groups is 1. The average Bonchev–Trinajstić information content (AvgIpc) is 2.61. The molecule has 1 aliphatic rings. The van der Waals surface area contributed by atoms with Gasteiger partial charge in [-0.3, -0.25) is 6.08 Å². The topological polar surface area (TPSA) is 40.9 Å². The Bertz CT molecular complexity index is 180. The molecule has 1 amide bonds. The van der Waals surface area contributed by atoms with E-state index in [0.717, 1.165) is 22.4 Å². The van der Waals surface area contributed by atoms with E-state index < -0.39 is 5.91 Å². The molecule has 1 rings (SSSR count). The predicted molar refractivity (Wildman–Crippen MR) is 64.7 cm³/mol. The average molecular weight is 329 g/mol. The van der Waals surface area contributed by atoms with Crippen LogP contribution in [-0.2, 0) is 26.5 Å². The van der Waals surface area contributed by atoms with E-state index in [2.05, 4.69) is 25.2 Å². The first kappa shape index (κ1) is 30.5. The third-order valence-electron chi connectivity index (χ3n) is 1.06. The Morgan fingerprint density at radius 1 is 1.41 bits per heavy atom. The first-order chi connectivity index (χ1) is 6.68. The molecule has 0 aliphatic heterocycles. The summed E-state index contributed by atoms with van der Waals surface area (Å²) in [5.74, 6) is -0.461. The molecular weight excluding hydrogens is 309 g/mol. The summed E-state index contributed by atoms with van der Waals surface area (Å²) in [6, 6.07) is 0. The van der Waals surface area contributed by atoms with Gasteiger partial charge in [0.15, 0.2) is 0 Å². The van der Waals surface area contributed by atoms with Crippen LogP contribution in [0.4, 0.5) is 0 Å². The van der Waals surface area contributed by atoms with Gasteiger partial charge < -0.3 is 35.3 Å². The summed E-state index contributed by atoms with van der Waals surface area (Å²) in [6.45, 7) is 6.30. The number of nitrogens with one attached hydrogen (secondary N) is 1. The molecule has 0 atom stereocenters. The van der Waals surface area contributed by atoms with Gasteiger partial charge in [-0.1, -0.05) is 26.4 Å². The Labute approximate surface area is 135 Å². The van der Waals surface area contributed by atoms with Crippen LogP contribution in [-0.4, -0.2) is 15.4 Å². The van der Waals surface area contributed by atoms with Gasteiger partial charge in [0.1, 0.15) is 0 Å². The maximum Gasteiger partial charge on any atom is 4.00 e. The predicted octanol–water partition coefficient (Wildman–Crippen LogP) is -2.80. The number of allylic oxidation sites excluding steroid dienone is 4. The first-order valence-corrected chi connectivity index (χ1v) is 7.20. The molecular formula is C11H20Cl2NOSiTi. The Kier molecular flexibility index (Phi) is 53.7. The van der Waals surface area contributed by atoms with Crippen molar-refractivity contribution in [3.05, 3.63) is 30.0 Å². The molecule has 0 spiro atoms. The second kappa shape index (κ2) is 30.0. The van der Waals surface area contributed by atoms with Crippen LogP contribution in [0.3, 0.4) is 0 Å². The van der Waals surface area contributed by atoms with Gasteiger partial charge in [0.25, 0.3) is 0 Å². The largest absolute Gasteiger partial charge is 4.00 e. The van der Waals surface area contributed by atoms with Gasteiger partial charge in [0.2, 0.25) is 0 Å². The number of hydrogen-bond donors (Lipinski definition) is 0. The van der Waals surface area contributed by atoms with Gasteiger partial charge in [0.05, 0.1) is 0 Å². The minimum atomic E-state index is -0.461. The normalized spacial score (nSPS) is 9.12. The molecule has 0 unspecified atom stereocenters. The molecule has 0 heterocycles. The van der Waals surface area contributed by atoms with Gasteiger partial charge in [-0.05, 0) is 6.42 Å². The molecule has 0 fully saturated rings. The standard InChI is InChI=1S/C5H5.C4H9NO.C2H7Si.2ClH.Ti/c1-2-4-5-3-1;1-2-3-4(5)6;1-3-2;;;/h1-3H,4H2;2-3H2,1H3,(H2,5,6);3H,1-2H3;2*1H;/q-1;;;;;+4/p-3. The SMILES string of the molecule is CCCC([NH-])=O.C[SiH]C.[C-]1=CC=CC1.[Cl-].[Cl-].[Ti+4]. The van der Waals surface area contributed by atoms with E-state index in [1.54, 1.807) is 0 Å². The zero-order chi connectivity index (χ0) is 11.2. The van der Waals surface area contributed by atoms with Crippen LogP contribution in [0, 0.1) is 6.08 Å². The summed E-state index contributed by atoms with van der Waals surface area (Å²) >= 11 is 0. The van der Waals surface area contributed by atoms with Gasteiger partial charge in [-0.2, -0.15) is 6.08 Å². The molecule has 0 aromatic rings. The van der Waals surface area contributed by atoms with E-state index in [4.69, 9.17) is 5.73 Å². The summed E-state index contributed by atoms with van der Waals surface area (Å²) in [5.41, 5.74) is 6.34. The molecule has 0 aromatic carbocycles. The number of halogens is 2. The van der Waals surface area contributed by atoms with Crippen molar-refractivity contribution >= 4 is 15.4 Å². The molecule has 2 nitrogen and oxygen atoms in total. The second-order valence-corrected chi connectivity index (χ2v) is 3.91. The third kappa shape index (κ3) is 48.1. The Balaban J connectivity index is -0.0000000406. The Hall–Kier alpha value is 0.461. The van der Waals surface area contributed by atoms with E-state index >= 15 is 0 Å². The van der Waals surface area contributed by atoms with Crippen LogP contribution in [0.5, 0.6) is 0 Å². The van der Waals surface area contributed by atoms with Crippen molar-refractivity contribution in [3.8, 4) is 0 Å². The number of amides is 1. The van der Waals surface area contributed by atoms with Gasteiger partial charge in [-0.25, -0.2) is 12.2 Å². The minimum absolute atomic E-state index is 0. The molecule has 0 bridgehead atoms. The Morgan fingerprint density at radius 3 is 1.94 bits per heavy atom. The number of hydrogen-bond acceptors (Lipinski definition) is 1. The molecule has 17 heavy (non-hydrogen) atoms. The maximum absolute atomic E-state index is 9.71. The smallest absolute Gasteiger partial charge is 1.00 e. The van der Waals surface area contributed by atoms with Crippen LogP contribution < -0.4 is 24.8 Å². The van der Waals surface area contributed by atoms with Crippen molar-refractivity contribution in [2.75, 3.05) is 0 Å². The molecule has 1 aliphatic carbocycles. The van der Waals surface area contributed by atoms with Gasteiger partial charge in [0, 0.05) is 15.4 Å². The van der Waals surface area contributed by atoms with E-state index in [-0.39, 0.29) is 46.5 Å². The van der Waals surface area contributed by atoms with Crippen molar-refractivity contribution in [3.63, 3.8) is 0 Å². The van der Waals surface area contributed by atoms with Crippen LogP contribution in [0.1, 0.15) is 26.2 Å². The fraction of sp³-hybridized carbons (Fsp3) is 0.545. The molecule has 6 heteroatoms.